The zero-order chi connectivity index (χ0) is 12.0. The lowest BCUT2D eigenvalue weighted by Gasteiger charge is -2.32. The van der Waals surface area contributed by atoms with Crippen molar-refractivity contribution in [1.82, 2.24) is 4.98 Å². The fourth-order valence-electron chi connectivity index (χ4n) is 1.41. The molecule has 0 radical (unpaired) electrons. The Labute approximate surface area is 99.4 Å². The monoisotopic (exact) mass is 236 g/mol. The normalized spacial score (nSPS) is 22.1. The molecule has 0 aliphatic carbocycles. The second-order valence-electron chi connectivity index (χ2n) is 4.78. The van der Waals surface area contributed by atoms with E-state index in [-0.39, 0.29) is 11.2 Å². The highest BCUT2D eigenvalue weighted by Crippen LogP contribution is 2.36. The highest BCUT2D eigenvalue weighted by molar-refractivity contribution is 7.11. The predicted molar refractivity (Wildman–Crippen MR) is 62.5 cm³/mol. The van der Waals surface area contributed by atoms with Gasteiger partial charge in [-0.15, -0.1) is 11.3 Å². The summed E-state index contributed by atoms with van der Waals surface area (Å²) < 4.78 is 11.6. The van der Waals surface area contributed by atoms with Crippen LogP contribution in [-0.4, -0.2) is 23.3 Å². The third-order valence-corrected chi connectivity index (χ3v) is 3.88. The molecule has 1 saturated heterocycles. The minimum Gasteiger partial charge on any atom is -0.398 e. The molecule has 6 heteroatoms. The minimum atomic E-state index is -0.469. The van der Waals surface area contributed by atoms with E-state index in [4.69, 9.17) is 14.6 Å². The van der Waals surface area contributed by atoms with Crippen LogP contribution in [0.2, 0.25) is 0 Å². The lowest BCUT2D eigenvalue weighted by Crippen LogP contribution is -2.41. The topological polar surface area (TPSA) is 55.1 Å². The largest absolute Gasteiger partial charge is 0.515 e. The number of hydrogen-bond donors (Lipinski definition) is 0. The van der Waals surface area contributed by atoms with Gasteiger partial charge < -0.3 is 9.31 Å². The average Bonchev–Trinajstić information content (AvgIpc) is 2.70. The summed E-state index contributed by atoms with van der Waals surface area (Å²) in [4.78, 5) is 4.15. The van der Waals surface area contributed by atoms with Gasteiger partial charge in [-0.25, -0.2) is 4.98 Å². The van der Waals surface area contributed by atoms with E-state index in [2.05, 4.69) is 4.98 Å². The van der Waals surface area contributed by atoms with Gasteiger partial charge in [-0.1, -0.05) is 0 Å². The first kappa shape index (κ1) is 11.6. The molecule has 0 amide bonds. The molecular weight excluding hydrogens is 223 g/mol. The molecule has 0 atom stereocenters. The van der Waals surface area contributed by atoms with Crippen molar-refractivity contribution in [1.29, 1.82) is 5.26 Å². The molecule has 1 aromatic heterocycles. The van der Waals surface area contributed by atoms with E-state index in [0.717, 1.165) is 0 Å². The molecule has 1 aliphatic heterocycles. The van der Waals surface area contributed by atoms with Gasteiger partial charge in [0.25, 0.3) is 0 Å². The summed E-state index contributed by atoms with van der Waals surface area (Å²) in [6, 6.07) is 2.01. The van der Waals surface area contributed by atoms with Crippen LogP contribution >= 0.6 is 11.3 Å². The molecule has 0 N–H and O–H groups in total. The van der Waals surface area contributed by atoms with E-state index in [1.807, 2.05) is 33.8 Å². The van der Waals surface area contributed by atoms with Crippen LogP contribution in [0.1, 0.15) is 32.7 Å². The number of rotatable bonds is 1. The standard InChI is InChI=1S/C10H13BN2O2S/c1-9(2)10(3,4)15-11(14-9)7-6-16-8(5-12)13-7/h6H,1-4H3. The van der Waals surface area contributed by atoms with Crippen molar-refractivity contribution in [2.75, 3.05) is 0 Å². The number of aromatic nitrogens is 1. The van der Waals surface area contributed by atoms with Crippen LogP contribution in [0.4, 0.5) is 0 Å². The highest BCUT2D eigenvalue weighted by atomic mass is 32.1. The molecule has 4 nitrogen and oxygen atoms in total. The van der Waals surface area contributed by atoms with E-state index < -0.39 is 7.12 Å². The van der Waals surface area contributed by atoms with Crippen molar-refractivity contribution in [2.24, 2.45) is 0 Å². The summed E-state index contributed by atoms with van der Waals surface area (Å²) in [7, 11) is -0.469. The molecule has 0 bridgehead atoms. The maximum atomic E-state index is 8.72. The minimum absolute atomic E-state index is 0.367. The van der Waals surface area contributed by atoms with Gasteiger partial charge in [-0.05, 0) is 27.7 Å². The molecule has 0 unspecified atom stereocenters. The number of nitriles is 1. The summed E-state index contributed by atoms with van der Waals surface area (Å²) in [5.74, 6) is 0. The Balaban J connectivity index is 2.24. The van der Waals surface area contributed by atoms with Gasteiger partial charge in [-0.3, -0.25) is 0 Å². The van der Waals surface area contributed by atoms with Crippen molar-refractivity contribution >= 4 is 24.0 Å². The zero-order valence-corrected chi connectivity index (χ0v) is 10.6. The summed E-state index contributed by atoms with van der Waals surface area (Å²) in [6.45, 7) is 7.96. The summed E-state index contributed by atoms with van der Waals surface area (Å²) in [6.07, 6.45) is 0. The Kier molecular flexibility index (Phi) is 2.57. The molecule has 1 aliphatic rings. The van der Waals surface area contributed by atoms with Crippen molar-refractivity contribution in [3.05, 3.63) is 10.4 Å². The maximum absolute atomic E-state index is 8.72. The second kappa shape index (κ2) is 3.55. The van der Waals surface area contributed by atoms with E-state index in [0.29, 0.717) is 10.6 Å². The Bertz CT molecular complexity index is 434. The van der Waals surface area contributed by atoms with Crippen molar-refractivity contribution < 1.29 is 9.31 Å². The molecule has 84 valence electrons. The zero-order valence-electron chi connectivity index (χ0n) is 9.77. The number of thiazole rings is 1. The Morgan fingerprint density at radius 2 is 1.88 bits per heavy atom. The van der Waals surface area contributed by atoms with Crippen LogP contribution < -0.4 is 5.59 Å². The third-order valence-electron chi connectivity index (χ3n) is 3.11. The molecular formula is C10H13BN2O2S. The third kappa shape index (κ3) is 1.75. The van der Waals surface area contributed by atoms with Crippen molar-refractivity contribution in [3.8, 4) is 6.07 Å². The molecule has 16 heavy (non-hydrogen) atoms. The van der Waals surface area contributed by atoms with E-state index in [1.165, 1.54) is 11.3 Å². The first-order valence-electron chi connectivity index (χ1n) is 5.07. The molecule has 2 heterocycles. The molecule has 0 aromatic carbocycles. The first-order chi connectivity index (χ1) is 7.36. The smallest absolute Gasteiger partial charge is 0.398 e. The van der Waals surface area contributed by atoms with Crippen LogP contribution in [0.25, 0.3) is 0 Å². The van der Waals surface area contributed by atoms with Gasteiger partial charge in [0.2, 0.25) is 0 Å². The van der Waals surface area contributed by atoms with Crippen LogP contribution in [0, 0.1) is 11.3 Å². The lowest BCUT2D eigenvalue weighted by molar-refractivity contribution is 0.00578. The second-order valence-corrected chi connectivity index (χ2v) is 5.64. The Morgan fingerprint density at radius 3 is 2.31 bits per heavy atom. The highest BCUT2D eigenvalue weighted by Gasteiger charge is 2.52. The van der Waals surface area contributed by atoms with Crippen LogP contribution in [-0.2, 0) is 9.31 Å². The van der Waals surface area contributed by atoms with Gasteiger partial charge in [-0.2, -0.15) is 5.26 Å². The molecule has 2 rings (SSSR count). The van der Waals surface area contributed by atoms with Crippen LogP contribution in [0.3, 0.4) is 0 Å². The summed E-state index contributed by atoms with van der Waals surface area (Å²) in [5.41, 5.74) is -0.0532. The van der Waals surface area contributed by atoms with Crippen molar-refractivity contribution in [3.63, 3.8) is 0 Å². The van der Waals surface area contributed by atoms with Gasteiger partial charge in [0, 0.05) is 5.38 Å². The maximum Gasteiger partial charge on any atom is 0.515 e. The Morgan fingerprint density at radius 1 is 1.31 bits per heavy atom. The Hall–Kier alpha value is -0.895. The summed E-state index contributed by atoms with van der Waals surface area (Å²) in [5, 5.41) is 11.0. The fraction of sp³-hybridized carbons (Fsp3) is 0.600. The van der Waals surface area contributed by atoms with E-state index in [1.54, 1.807) is 5.38 Å². The van der Waals surface area contributed by atoms with Crippen LogP contribution in [0.15, 0.2) is 5.38 Å². The molecule has 0 spiro atoms. The van der Waals surface area contributed by atoms with E-state index in [9.17, 15) is 0 Å². The fourth-order valence-corrected chi connectivity index (χ4v) is 2.02. The number of nitrogens with zero attached hydrogens (tertiary/aromatic N) is 2. The lowest BCUT2D eigenvalue weighted by atomic mass is 9.86. The van der Waals surface area contributed by atoms with Gasteiger partial charge in [0.1, 0.15) is 6.07 Å². The first-order valence-corrected chi connectivity index (χ1v) is 5.95. The quantitative estimate of drug-likeness (QED) is 0.690. The van der Waals surface area contributed by atoms with Gasteiger partial charge in [0.05, 0.1) is 16.8 Å². The van der Waals surface area contributed by atoms with Gasteiger partial charge >= 0.3 is 7.12 Å². The SMILES string of the molecule is CC1(C)OB(c2csc(C#N)n2)OC1(C)C. The molecule has 0 saturated carbocycles. The number of hydrogen-bond acceptors (Lipinski definition) is 5. The average molecular weight is 236 g/mol. The van der Waals surface area contributed by atoms with Crippen molar-refractivity contribution in [2.45, 2.75) is 38.9 Å². The molecule has 1 aromatic rings. The molecule has 1 fully saturated rings. The summed E-state index contributed by atoms with van der Waals surface area (Å²) >= 11 is 1.30. The predicted octanol–water partition coefficient (Wildman–Crippen LogP) is 1.31. The van der Waals surface area contributed by atoms with Gasteiger partial charge in [0.15, 0.2) is 5.01 Å². The van der Waals surface area contributed by atoms with Crippen LogP contribution in [0.5, 0.6) is 0 Å². The van der Waals surface area contributed by atoms with E-state index >= 15 is 0 Å².